The number of nitrogens with zero attached hydrogens (tertiary/aromatic N) is 2. The van der Waals surface area contributed by atoms with Crippen LogP contribution in [0.4, 0.5) is 0 Å². The van der Waals surface area contributed by atoms with Crippen LogP contribution in [0.25, 0.3) is 10.8 Å². The lowest BCUT2D eigenvalue weighted by Gasteiger charge is -2.19. The zero-order valence-electron chi connectivity index (χ0n) is 14.5. The standard InChI is InChI=1S/C20H22N2O2/c1-13(2)19-18(14(3)21-24-19)20(23)22(4)12-16-10-7-9-15-8-5-6-11-17(15)16/h5-11,13H,12H2,1-4H3. The Bertz CT molecular complexity index is 875. The summed E-state index contributed by atoms with van der Waals surface area (Å²) in [5.74, 6) is 0.726. The van der Waals surface area contributed by atoms with Gasteiger partial charge in [0.2, 0.25) is 0 Å². The van der Waals surface area contributed by atoms with E-state index in [1.165, 1.54) is 10.8 Å². The monoisotopic (exact) mass is 322 g/mol. The lowest BCUT2D eigenvalue weighted by Crippen LogP contribution is -2.27. The first-order valence-electron chi connectivity index (χ1n) is 8.17. The molecule has 2 aromatic carbocycles. The lowest BCUT2D eigenvalue weighted by atomic mass is 10.0. The number of fused-ring (bicyclic) bond motifs is 1. The molecule has 0 saturated heterocycles. The van der Waals surface area contributed by atoms with E-state index in [4.69, 9.17) is 4.52 Å². The zero-order valence-corrected chi connectivity index (χ0v) is 14.5. The van der Waals surface area contributed by atoms with E-state index in [-0.39, 0.29) is 11.8 Å². The van der Waals surface area contributed by atoms with Gasteiger partial charge < -0.3 is 9.42 Å². The van der Waals surface area contributed by atoms with Crippen molar-refractivity contribution in [1.82, 2.24) is 10.1 Å². The normalized spacial score (nSPS) is 11.2. The summed E-state index contributed by atoms with van der Waals surface area (Å²) in [5.41, 5.74) is 2.37. The summed E-state index contributed by atoms with van der Waals surface area (Å²) in [6.07, 6.45) is 0. The summed E-state index contributed by atoms with van der Waals surface area (Å²) >= 11 is 0. The third kappa shape index (κ3) is 2.92. The third-order valence-electron chi connectivity index (χ3n) is 4.26. The molecule has 0 spiro atoms. The molecule has 0 unspecified atom stereocenters. The molecule has 0 aliphatic heterocycles. The first kappa shape index (κ1) is 16.2. The van der Waals surface area contributed by atoms with Crippen LogP contribution in [0.3, 0.4) is 0 Å². The topological polar surface area (TPSA) is 46.3 Å². The molecule has 0 fully saturated rings. The van der Waals surface area contributed by atoms with Crippen molar-refractivity contribution in [3.05, 3.63) is 65.0 Å². The number of benzene rings is 2. The number of aromatic nitrogens is 1. The van der Waals surface area contributed by atoms with E-state index in [0.717, 1.165) is 5.56 Å². The van der Waals surface area contributed by atoms with Gasteiger partial charge in [-0.3, -0.25) is 4.79 Å². The van der Waals surface area contributed by atoms with E-state index in [1.807, 2.05) is 46.0 Å². The third-order valence-corrected chi connectivity index (χ3v) is 4.26. The van der Waals surface area contributed by atoms with Crippen LogP contribution in [-0.4, -0.2) is 23.0 Å². The second-order valence-corrected chi connectivity index (χ2v) is 6.46. The van der Waals surface area contributed by atoms with Gasteiger partial charge in [0, 0.05) is 19.5 Å². The van der Waals surface area contributed by atoms with Crippen molar-refractivity contribution in [1.29, 1.82) is 0 Å². The highest BCUT2D eigenvalue weighted by atomic mass is 16.5. The summed E-state index contributed by atoms with van der Waals surface area (Å²) in [7, 11) is 1.82. The van der Waals surface area contributed by atoms with Crippen LogP contribution in [0.5, 0.6) is 0 Å². The lowest BCUT2D eigenvalue weighted by molar-refractivity contribution is 0.0782. The maximum Gasteiger partial charge on any atom is 0.259 e. The Balaban J connectivity index is 1.91. The van der Waals surface area contributed by atoms with E-state index in [0.29, 0.717) is 23.6 Å². The van der Waals surface area contributed by atoms with E-state index in [1.54, 1.807) is 4.90 Å². The average Bonchev–Trinajstić information content (AvgIpc) is 2.96. The zero-order chi connectivity index (χ0) is 17.3. The van der Waals surface area contributed by atoms with Gasteiger partial charge >= 0.3 is 0 Å². The summed E-state index contributed by atoms with van der Waals surface area (Å²) in [5, 5.41) is 6.33. The Morgan fingerprint density at radius 1 is 1.17 bits per heavy atom. The molecule has 0 N–H and O–H groups in total. The SMILES string of the molecule is Cc1noc(C(C)C)c1C(=O)N(C)Cc1cccc2ccccc12. The summed E-state index contributed by atoms with van der Waals surface area (Å²) in [4.78, 5) is 14.6. The van der Waals surface area contributed by atoms with Crippen LogP contribution >= 0.6 is 0 Å². The van der Waals surface area contributed by atoms with Gasteiger partial charge in [0.25, 0.3) is 5.91 Å². The second kappa shape index (κ2) is 6.48. The van der Waals surface area contributed by atoms with Crippen LogP contribution in [0, 0.1) is 6.92 Å². The van der Waals surface area contributed by atoms with Crippen LogP contribution in [0.1, 0.15) is 47.1 Å². The number of carbonyl (C=O) groups is 1. The predicted octanol–water partition coefficient (Wildman–Crippen LogP) is 4.53. The van der Waals surface area contributed by atoms with Crippen molar-refractivity contribution in [2.24, 2.45) is 0 Å². The Labute approximate surface area is 142 Å². The first-order valence-corrected chi connectivity index (χ1v) is 8.17. The number of aryl methyl sites for hydroxylation is 1. The smallest absolute Gasteiger partial charge is 0.259 e. The highest BCUT2D eigenvalue weighted by Gasteiger charge is 2.25. The molecule has 1 amide bonds. The van der Waals surface area contributed by atoms with Crippen molar-refractivity contribution >= 4 is 16.7 Å². The van der Waals surface area contributed by atoms with Crippen LogP contribution in [-0.2, 0) is 6.54 Å². The molecule has 3 rings (SSSR count). The van der Waals surface area contributed by atoms with Crippen molar-refractivity contribution in [3.63, 3.8) is 0 Å². The van der Waals surface area contributed by atoms with Crippen molar-refractivity contribution in [2.45, 2.75) is 33.2 Å². The van der Waals surface area contributed by atoms with Gasteiger partial charge in [0.15, 0.2) is 5.76 Å². The largest absolute Gasteiger partial charge is 0.360 e. The van der Waals surface area contributed by atoms with Gasteiger partial charge in [0.05, 0.1) is 5.69 Å². The molecule has 1 aromatic heterocycles. The molecule has 0 aliphatic rings. The molecule has 24 heavy (non-hydrogen) atoms. The minimum Gasteiger partial charge on any atom is -0.360 e. The summed E-state index contributed by atoms with van der Waals surface area (Å²) < 4.78 is 5.35. The number of hydrogen-bond acceptors (Lipinski definition) is 3. The molecule has 4 heteroatoms. The summed E-state index contributed by atoms with van der Waals surface area (Å²) in [6, 6.07) is 14.4. The maximum atomic E-state index is 12.9. The van der Waals surface area contributed by atoms with E-state index in [2.05, 4.69) is 29.4 Å². The molecule has 1 heterocycles. The maximum absolute atomic E-state index is 12.9. The van der Waals surface area contributed by atoms with Gasteiger partial charge in [-0.15, -0.1) is 0 Å². The van der Waals surface area contributed by atoms with Gasteiger partial charge in [0.1, 0.15) is 5.56 Å². The second-order valence-electron chi connectivity index (χ2n) is 6.46. The Hall–Kier alpha value is -2.62. The molecule has 124 valence electrons. The van der Waals surface area contributed by atoms with Gasteiger partial charge in [-0.1, -0.05) is 61.5 Å². The van der Waals surface area contributed by atoms with E-state index in [9.17, 15) is 4.79 Å². The molecule has 0 aliphatic carbocycles. The molecular formula is C20H22N2O2. The van der Waals surface area contributed by atoms with Gasteiger partial charge in [-0.05, 0) is 23.3 Å². The molecule has 3 aromatic rings. The van der Waals surface area contributed by atoms with Gasteiger partial charge in [-0.2, -0.15) is 0 Å². The molecule has 0 radical (unpaired) electrons. The molecule has 4 nitrogen and oxygen atoms in total. The average molecular weight is 322 g/mol. The number of hydrogen-bond donors (Lipinski definition) is 0. The van der Waals surface area contributed by atoms with E-state index >= 15 is 0 Å². The highest BCUT2D eigenvalue weighted by molar-refractivity contribution is 5.96. The Morgan fingerprint density at radius 3 is 2.62 bits per heavy atom. The highest BCUT2D eigenvalue weighted by Crippen LogP contribution is 2.25. The fourth-order valence-corrected chi connectivity index (χ4v) is 2.99. The van der Waals surface area contributed by atoms with Crippen LogP contribution < -0.4 is 0 Å². The number of amides is 1. The van der Waals surface area contributed by atoms with E-state index < -0.39 is 0 Å². The quantitative estimate of drug-likeness (QED) is 0.709. The minimum atomic E-state index is -0.0506. The van der Waals surface area contributed by atoms with Crippen molar-refractivity contribution in [3.8, 4) is 0 Å². The molecular weight excluding hydrogens is 300 g/mol. The fourth-order valence-electron chi connectivity index (χ4n) is 2.99. The molecule has 0 saturated carbocycles. The predicted molar refractivity (Wildman–Crippen MR) is 95.1 cm³/mol. The van der Waals surface area contributed by atoms with Crippen molar-refractivity contribution in [2.75, 3.05) is 7.05 Å². The Kier molecular flexibility index (Phi) is 4.38. The van der Waals surface area contributed by atoms with Crippen molar-refractivity contribution < 1.29 is 9.32 Å². The summed E-state index contributed by atoms with van der Waals surface area (Å²) in [6.45, 7) is 6.36. The Morgan fingerprint density at radius 2 is 1.88 bits per heavy atom. The first-order chi connectivity index (χ1) is 11.5. The van der Waals surface area contributed by atoms with Crippen LogP contribution in [0.2, 0.25) is 0 Å². The molecule has 0 atom stereocenters. The van der Waals surface area contributed by atoms with Crippen LogP contribution in [0.15, 0.2) is 47.0 Å². The molecule has 0 bridgehead atoms. The number of carbonyl (C=O) groups excluding carboxylic acids is 1. The fraction of sp³-hybridized carbons (Fsp3) is 0.300. The number of rotatable bonds is 4. The minimum absolute atomic E-state index is 0.0506. The van der Waals surface area contributed by atoms with Gasteiger partial charge in [-0.25, -0.2) is 0 Å².